The lowest BCUT2D eigenvalue weighted by molar-refractivity contribution is -0.139. The van der Waals surface area contributed by atoms with Crippen LogP contribution < -0.4 is 5.32 Å². The third kappa shape index (κ3) is 4.13. The van der Waals surface area contributed by atoms with E-state index in [9.17, 15) is 4.79 Å². The van der Waals surface area contributed by atoms with Gasteiger partial charge in [0.25, 0.3) is 0 Å². The van der Waals surface area contributed by atoms with Gasteiger partial charge in [-0.05, 0) is 36.9 Å². The molecular formula is C18H23N3O2S. The van der Waals surface area contributed by atoms with Crippen LogP contribution in [0.2, 0.25) is 0 Å². The molecule has 3 rings (SSSR count). The highest BCUT2D eigenvalue weighted by Crippen LogP contribution is 2.24. The molecule has 0 aliphatic carbocycles. The Morgan fingerprint density at radius 2 is 2.38 bits per heavy atom. The van der Waals surface area contributed by atoms with Crippen molar-refractivity contribution >= 4 is 22.9 Å². The summed E-state index contributed by atoms with van der Waals surface area (Å²) in [4.78, 5) is 20.3. The van der Waals surface area contributed by atoms with Gasteiger partial charge in [-0.15, -0.1) is 11.3 Å². The molecule has 3 heterocycles. The van der Waals surface area contributed by atoms with Gasteiger partial charge in [0.05, 0.1) is 18.8 Å². The highest BCUT2D eigenvalue weighted by Gasteiger charge is 2.26. The molecule has 0 saturated carbocycles. The number of hydrogen-bond donors (Lipinski definition) is 1. The summed E-state index contributed by atoms with van der Waals surface area (Å²) >= 11 is 1.70. The molecule has 1 aliphatic heterocycles. The molecule has 128 valence electrons. The number of rotatable bonds is 5. The van der Waals surface area contributed by atoms with Crippen LogP contribution in [0.25, 0.3) is 0 Å². The van der Waals surface area contributed by atoms with Gasteiger partial charge in [-0.25, -0.2) is 0 Å². The van der Waals surface area contributed by atoms with Crippen molar-refractivity contribution in [2.45, 2.75) is 25.9 Å². The van der Waals surface area contributed by atoms with Crippen molar-refractivity contribution < 1.29 is 9.53 Å². The van der Waals surface area contributed by atoms with Crippen LogP contribution in [0.3, 0.4) is 0 Å². The predicted octanol–water partition coefficient (Wildman–Crippen LogP) is 3.03. The first-order valence-corrected chi connectivity index (χ1v) is 9.12. The molecule has 24 heavy (non-hydrogen) atoms. The van der Waals surface area contributed by atoms with Gasteiger partial charge >= 0.3 is 0 Å². The number of aryl methyl sites for hydroxylation is 2. The molecule has 1 atom stereocenters. The Morgan fingerprint density at radius 3 is 3.12 bits per heavy atom. The molecule has 1 amide bonds. The number of aromatic nitrogens is 1. The van der Waals surface area contributed by atoms with Gasteiger partial charge in [0.15, 0.2) is 0 Å². The smallest absolute Gasteiger partial charge is 0.223 e. The summed E-state index contributed by atoms with van der Waals surface area (Å²) in [6.07, 6.45) is 1.21. The van der Waals surface area contributed by atoms with Gasteiger partial charge in [0.1, 0.15) is 6.10 Å². The quantitative estimate of drug-likeness (QED) is 0.905. The van der Waals surface area contributed by atoms with Crippen LogP contribution in [0.1, 0.15) is 28.8 Å². The maximum Gasteiger partial charge on any atom is 0.223 e. The number of carbonyl (C=O) groups is 1. The maximum absolute atomic E-state index is 12.5. The van der Waals surface area contributed by atoms with Gasteiger partial charge in [-0.3, -0.25) is 9.78 Å². The Kier molecular flexibility index (Phi) is 5.48. The fourth-order valence-electron chi connectivity index (χ4n) is 2.90. The summed E-state index contributed by atoms with van der Waals surface area (Å²) in [6, 6.07) is 8.10. The number of carbonyl (C=O) groups excluding carboxylic acids is 1. The van der Waals surface area contributed by atoms with Crippen LogP contribution in [-0.2, 0) is 16.0 Å². The molecule has 1 fully saturated rings. The third-order valence-corrected chi connectivity index (χ3v) is 5.11. The van der Waals surface area contributed by atoms with E-state index in [0.29, 0.717) is 26.1 Å². The zero-order valence-electron chi connectivity index (χ0n) is 14.1. The number of ether oxygens (including phenoxy) is 1. The van der Waals surface area contributed by atoms with Crippen molar-refractivity contribution in [2.24, 2.45) is 0 Å². The highest BCUT2D eigenvalue weighted by atomic mass is 32.1. The molecule has 0 spiro atoms. The molecule has 1 aliphatic rings. The number of anilines is 1. The van der Waals surface area contributed by atoms with Crippen LogP contribution in [0.4, 0.5) is 5.69 Å². The SMILES string of the molecule is CNc1cc(C)nc([C@H]2CN(C(=O)CCc3cccs3)CCO2)c1. The molecule has 1 N–H and O–H groups in total. The largest absolute Gasteiger partial charge is 0.388 e. The van der Waals surface area contributed by atoms with Crippen LogP contribution in [0.15, 0.2) is 29.6 Å². The van der Waals surface area contributed by atoms with E-state index < -0.39 is 0 Å². The fourth-order valence-corrected chi connectivity index (χ4v) is 3.61. The van der Waals surface area contributed by atoms with E-state index in [-0.39, 0.29) is 12.0 Å². The number of thiophene rings is 1. The summed E-state index contributed by atoms with van der Waals surface area (Å²) in [7, 11) is 1.89. The standard InChI is InChI=1S/C18H23N3O2S/c1-13-10-14(19-2)11-16(20-13)17-12-21(7-8-23-17)18(22)6-5-15-4-3-9-24-15/h3-4,9-11,17H,5-8,12H2,1-2H3,(H,19,20)/t17-/m1/s1. The molecule has 0 radical (unpaired) electrons. The summed E-state index contributed by atoms with van der Waals surface area (Å²) in [5.41, 5.74) is 2.85. The topological polar surface area (TPSA) is 54.5 Å². The monoisotopic (exact) mass is 345 g/mol. The van der Waals surface area contributed by atoms with Crippen LogP contribution in [0, 0.1) is 6.92 Å². The fraction of sp³-hybridized carbons (Fsp3) is 0.444. The average Bonchev–Trinajstić information content (AvgIpc) is 3.12. The second-order valence-corrected chi connectivity index (χ2v) is 6.98. The first-order valence-electron chi connectivity index (χ1n) is 8.24. The second-order valence-electron chi connectivity index (χ2n) is 5.95. The Labute approximate surface area is 146 Å². The number of nitrogens with zero attached hydrogens (tertiary/aromatic N) is 2. The van der Waals surface area contributed by atoms with Crippen molar-refractivity contribution in [1.82, 2.24) is 9.88 Å². The molecule has 0 bridgehead atoms. The second kappa shape index (κ2) is 7.77. The first-order chi connectivity index (χ1) is 11.7. The number of amides is 1. The summed E-state index contributed by atoms with van der Waals surface area (Å²) in [5, 5.41) is 5.19. The lowest BCUT2D eigenvalue weighted by atomic mass is 10.1. The molecule has 0 aromatic carbocycles. The van der Waals surface area contributed by atoms with E-state index in [0.717, 1.165) is 23.5 Å². The van der Waals surface area contributed by atoms with Crippen molar-refractivity contribution in [1.29, 1.82) is 0 Å². The molecule has 0 unspecified atom stereocenters. The first kappa shape index (κ1) is 16.9. The molecule has 2 aromatic heterocycles. The van der Waals surface area contributed by atoms with Crippen molar-refractivity contribution in [3.05, 3.63) is 45.9 Å². The Balaban J connectivity index is 1.63. The van der Waals surface area contributed by atoms with E-state index >= 15 is 0 Å². The molecule has 6 heteroatoms. The van der Waals surface area contributed by atoms with Crippen LogP contribution in [0.5, 0.6) is 0 Å². The third-order valence-electron chi connectivity index (χ3n) is 4.18. The van der Waals surface area contributed by atoms with E-state index in [2.05, 4.69) is 16.4 Å². The van der Waals surface area contributed by atoms with Crippen molar-refractivity contribution in [3.63, 3.8) is 0 Å². The predicted molar refractivity (Wildman–Crippen MR) is 96.4 cm³/mol. The average molecular weight is 345 g/mol. The number of morpholine rings is 1. The zero-order chi connectivity index (χ0) is 16.9. The molecule has 5 nitrogen and oxygen atoms in total. The Bertz CT molecular complexity index is 688. The van der Waals surface area contributed by atoms with E-state index in [4.69, 9.17) is 4.74 Å². The summed E-state index contributed by atoms with van der Waals surface area (Å²) in [5.74, 6) is 0.193. The van der Waals surface area contributed by atoms with E-state index in [1.807, 2.05) is 42.5 Å². The van der Waals surface area contributed by atoms with Crippen molar-refractivity contribution in [2.75, 3.05) is 32.1 Å². The van der Waals surface area contributed by atoms with Gasteiger partial charge in [-0.2, -0.15) is 0 Å². The van der Waals surface area contributed by atoms with Gasteiger partial charge < -0.3 is 15.0 Å². The minimum absolute atomic E-state index is 0.156. The van der Waals surface area contributed by atoms with Gasteiger partial charge in [0, 0.05) is 36.3 Å². The molecule has 2 aromatic rings. The number of pyridine rings is 1. The van der Waals surface area contributed by atoms with Gasteiger partial charge in [0.2, 0.25) is 5.91 Å². The van der Waals surface area contributed by atoms with Crippen molar-refractivity contribution in [3.8, 4) is 0 Å². The minimum atomic E-state index is -0.156. The Morgan fingerprint density at radius 1 is 1.50 bits per heavy atom. The lowest BCUT2D eigenvalue weighted by Crippen LogP contribution is -2.42. The molecular weight excluding hydrogens is 322 g/mol. The number of nitrogens with one attached hydrogen (secondary N) is 1. The zero-order valence-corrected chi connectivity index (χ0v) is 14.9. The lowest BCUT2D eigenvalue weighted by Gasteiger charge is -2.33. The highest BCUT2D eigenvalue weighted by molar-refractivity contribution is 7.09. The minimum Gasteiger partial charge on any atom is -0.388 e. The van der Waals surface area contributed by atoms with Crippen LogP contribution >= 0.6 is 11.3 Å². The summed E-state index contributed by atoms with van der Waals surface area (Å²) in [6.45, 7) is 3.75. The normalized spacial score (nSPS) is 17.8. The maximum atomic E-state index is 12.5. The van der Waals surface area contributed by atoms with E-state index in [1.54, 1.807) is 11.3 Å². The number of hydrogen-bond acceptors (Lipinski definition) is 5. The summed E-state index contributed by atoms with van der Waals surface area (Å²) < 4.78 is 5.87. The van der Waals surface area contributed by atoms with Gasteiger partial charge in [-0.1, -0.05) is 6.07 Å². The Hall–Kier alpha value is -1.92. The van der Waals surface area contributed by atoms with Crippen LogP contribution in [-0.4, -0.2) is 42.5 Å². The molecule has 1 saturated heterocycles. The van der Waals surface area contributed by atoms with E-state index in [1.165, 1.54) is 4.88 Å².